The zero-order valence-electron chi connectivity index (χ0n) is 12.9. The van der Waals surface area contributed by atoms with E-state index in [2.05, 4.69) is 0 Å². The lowest BCUT2D eigenvalue weighted by atomic mass is 9.77. The molecule has 0 aliphatic heterocycles. The quantitative estimate of drug-likeness (QED) is 0.693. The van der Waals surface area contributed by atoms with E-state index in [1.807, 2.05) is 0 Å². The number of Topliss-reactive ketones (excluding diaryl/α,β-unsaturated/α-hetero) is 1. The molecule has 1 rings (SSSR count). The minimum atomic E-state index is -4.35. The van der Waals surface area contributed by atoms with Crippen molar-refractivity contribution < 1.29 is 27.9 Å². The van der Waals surface area contributed by atoms with E-state index in [9.17, 15) is 27.9 Å². The molecule has 0 fully saturated rings. The fourth-order valence-corrected chi connectivity index (χ4v) is 2.89. The number of rotatable bonds is 8. The van der Waals surface area contributed by atoms with Crippen molar-refractivity contribution in [3.63, 3.8) is 0 Å². The highest BCUT2D eigenvalue weighted by atomic mass is 32.2. The Labute approximate surface area is 137 Å². The summed E-state index contributed by atoms with van der Waals surface area (Å²) in [5.41, 5.74) is -4.84. The van der Waals surface area contributed by atoms with E-state index in [1.54, 1.807) is 13.8 Å². The maximum absolute atomic E-state index is 12.2. The molecule has 1 N–H and O–H groups in total. The second-order valence-corrected chi connectivity index (χ2v) is 6.52. The van der Waals surface area contributed by atoms with Gasteiger partial charge in [-0.05, 0) is 42.3 Å². The molecule has 128 valence electrons. The molecule has 0 amide bonds. The number of benzene rings is 1. The molecule has 23 heavy (non-hydrogen) atoms. The standard InChI is InChI=1S/C16H19F3O3S/c1-3-15(4-2,14(21)22)10-12(20)9-11-5-7-13(8-6-11)23-16(17,18)19/h5-8H,3-4,9-10H2,1-2H3,(H,21,22). The van der Waals surface area contributed by atoms with Crippen molar-refractivity contribution in [3.05, 3.63) is 29.8 Å². The highest BCUT2D eigenvalue weighted by Gasteiger charge is 2.36. The number of thioether (sulfide) groups is 1. The van der Waals surface area contributed by atoms with Crippen LogP contribution in [0.2, 0.25) is 0 Å². The van der Waals surface area contributed by atoms with E-state index < -0.39 is 16.9 Å². The van der Waals surface area contributed by atoms with E-state index in [4.69, 9.17) is 0 Å². The molecule has 1 aromatic rings. The molecule has 3 nitrogen and oxygen atoms in total. The van der Waals surface area contributed by atoms with Crippen molar-refractivity contribution in [2.45, 2.75) is 49.9 Å². The smallest absolute Gasteiger partial charge is 0.446 e. The van der Waals surface area contributed by atoms with Gasteiger partial charge in [-0.25, -0.2) is 0 Å². The first-order chi connectivity index (χ1) is 10.6. The Morgan fingerprint density at radius 1 is 1.09 bits per heavy atom. The van der Waals surface area contributed by atoms with Crippen molar-refractivity contribution in [2.24, 2.45) is 5.41 Å². The fourth-order valence-electron chi connectivity index (χ4n) is 2.35. The zero-order valence-corrected chi connectivity index (χ0v) is 13.8. The molecule has 0 atom stereocenters. The molecular formula is C16H19F3O3S. The predicted octanol–water partition coefficient (Wildman–Crippen LogP) is 4.69. The molecule has 0 heterocycles. The first-order valence-electron chi connectivity index (χ1n) is 7.21. The van der Waals surface area contributed by atoms with Crippen LogP contribution >= 0.6 is 11.8 Å². The van der Waals surface area contributed by atoms with E-state index in [1.165, 1.54) is 24.3 Å². The summed E-state index contributed by atoms with van der Waals surface area (Å²) < 4.78 is 36.7. The van der Waals surface area contributed by atoms with Crippen LogP contribution in [0, 0.1) is 5.41 Å². The maximum atomic E-state index is 12.2. The summed E-state index contributed by atoms with van der Waals surface area (Å²) in [6.07, 6.45) is 0.651. The summed E-state index contributed by atoms with van der Waals surface area (Å²) in [5, 5.41) is 9.32. The second-order valence-electron chi connectivity index (χ2n) is 5.38. The lowest BCUT2D eigenvalue weighted by Crippen LogP contribution is -2.32. The van der Waals surface area contributed by atoms with Gasteiger partial charge in [0.2, 0.25) is 0 Å². The van der Waals surface area contributed by atoms with Gasteiger partial charge in [-0.1, -0.05) is 26.0 Å². The van der Waals surface area contributed by atoms with Crippen LogP contribution in [0.25, 0.3) is 0 Å². The third kappa shape index (κ3) is 5.89. The van der Waals surface area contributed by atoms with Crippen molar-refractivity contribution in [1.82, 2.24) is 0 Å². The van der Waals surface area contributed by atoms with Crippen molar-refractivity contribution in [1.29, 1.82) is 0 Å². The number of carbonyl (C=O) groups excluding carboxylic acids is 1. The number of carbonyl (C=O) groups is 2. The molecule has 0 aromatic heterocycles. The monoisotopic (exact) mass is 348 g/mol. The molecule has 0 aliphatic rings. The zero-order chi connectivity index (χ0) is 17.7. The maximum Gasteiger partial charge on any atom is 0.446 e. The predicted molar refractivity (Wildman–Crippen MR) is 82.3 cm³/mol. The van der Waals surface area contributed by atoms with Gasteiger partial charge in [-0.2, -0.15) is 13.2 Å². The van der Waals surface area contributed by atoms with Gasteiger partial charge in [0.25, 0.3) is 0 Å². The first-order valence-corrected chi connectivity index (χ1v) is 8.03. The molecule has 7 heteroatoms. The third-order valence-electron chi connectivity index (χ3n) is 3.90. The topological polar surface area (TPSA) is 54.4 Å². The summed E-state index contributed by atoms with van der Waals surface area (Å²) in [6, 6.07) is 5.55. The minimum absolute atomic E-state index is 0.0198. The van der Waals surface area contributed by atoms with E-state index in [0.717, 1.165) is 0 Å². The Kier molecular flexibility index (Phi) is 6.68. The minimum Gasteiger partial charge on any atom is -0.481 e. The second kappa shape index (κ2) is 7.86. The number of halogens is 3. The van der Waals surface area contributed by atoms with Crippen LogP contribution in [-0.2, 0) is 16.0 Å². The normalized spacial score (nSPS) is 12.2. The lowest BCUT2D eigenvalue weighted by molar-refractivity contribution is -0.152. The molecule has 0 saturated carbocycles. The van der Waals surface area contributed by atoms with Crippen molar-refractivity contribution in [2.75, 3.05) is 0 Å². The summed E-state index contributed by atoms with van der Waals surface area (Å²) >= 11 is -0.213. The number of carboxylic acid groups (broad SMARTS) is 1. The number of alkyl halides is 3. The largest absolute Gasteiger partial charge is 0.481 e. The number of carboxylic acids is 1. The summed E-state index contributed by atoms with van der Waals surface area (Å²) in [4.78, 5) is 23.6. The molecule has 0 radical (unpaired) electrons. The van der Waals surface area contributed by atoms with E-state index in [-0.39, 0.29) is 35.3 Å². The van der Waals surface area contributed by atoms with Crippen molar-refractivity contribution in [3.8, 4) is 0 Å². The number of hydrogen-bond acceptors (Lipinski definition) is 3. The van der Waals surface area contributed by atoms with Crippen molar-refractivity contribution >= 4 is 23.5 Å². The molecule has 0 spiro atoms. The average molecular weight is 348 g/mol. The van der Waals surface area contributed by atoms with Crippen LogP contribution < -0.4 is 0 Å². The number of hydrogen-bond donors (Lipinski definition) is 1. The molecule has 0 aliphatic carbocycles. The van der Waals surface area contributed by atoms with Crippen LogP contribution in [-0.4, -0.2) is 22.4 Å². The molecule has 0 unspecified atom stereocenters. The van der Waals surface area contributed by atoms with Gasteiger partial charge in [-0.15, -0.1) is 0 Å². The van der Waals surface area contributed by atoms with Gasteiger partial charge in [0.15, 0.2) is 0 Å². The highest BCUT2D eigenvalue weighted by Crippen LogP contribution is 2.37. The van der Waals surface area contributed by atoms with Gasteiger partial charge in [0.05, 0.1) is 5.41 Å². The van der Waals surface area contributed by atoms with Gasteiger partial charge in [0, 0.05) is 17.7 Å². The number of ketones is 1. The van der Waals surface area contributed by atoms with Gasteiger partial charge in [-0.3, -0.25) is 9.59 Å². The Bertz CT molecular complexity index is 549. The summed E-state index contributed by atoms with van der Waals surface area (Å²) in [6.45, 7) is 3.46. The van der Waals surface area contributed by atoms with Crippen LogP contribution in [0.4, 0.5) is 13.2 Å². The van der Waals surface area contributed by atoms with E-state index in [0.29, 0.717) is 18.4 Å². The van der Waals surface area contributed by atoms with Crippen LogP contribution in [0.5, 0.6) is 0 Å². The SMILES string of the molecule is CCC(CC)(CC(=O)Cc1ccc(SC(F)(F)F)cc1)C(=O)O. The van der Waals surface area contributed by atoms with Crippen LogP contribution in [0.15, 0.2) is 29.2 Å². The van der Waals surface area contributed by atoms with Gasteiger partial charge in [0.1, 0.15) is 5.78 Å². The average Bonchev–Trinajstić information content (AvgIpc) is 2.45. The van der Waals surface area contributed by atoms with E-state index >= 15 is 0 Å². The third-order valence-corrected chi connectivity index (χ3v) is 4.64. The Morgan fingerprint density at radius 3 is 2.00 bits per heavy atom. The Morgan fingerprint density at radius 2 is 1.61 bits per heavy atom. The fraction of sp³-hybridized carbons (Fsp3) is 0.500. The van der Waals surface area contributed by atoms with Crippen LogP contribution in [0.3, 0.4) is 0 Å². The Balaban J connectivity index is 2.72. The lowest BCUT2D eigenvalue weighted by Gasteiger charge is -2.25. The van der Waals surface area contributed by atoms with Gasteiger partial charge >= 0.3 is 11.5 Å². The molecular weight excluding hydrogens is 329 g/mol. The molecule has 1 aromatic carbocycles. The summed E-state index contributed by atoms with van der Waals surface area (Å²) in [7, 11) is 0. The van der Waals surface area contributed by atoms with Gasteiger partial charge < -0.3 is 5.11 Å². The molecule has 0 saturated heterocycles. The van der Waals surface area contributed by atoms with Crippen LogP contribution in [0.1, 0.15) is 38.7 Å². The Hall–Kier alpha value is -1.50. The first kappa shape index (κ1) is 19.5. The molecule has 0 bridgehead atoms. The number of aliphatic carboxylic acids is 1. The highest BCUT2D eigenvalue weighted by molar-refractivity contribution is 8.00. The summed E-state index contributed by atoms with van der Waals surface area (Å²) in [5.74, 6) is -1.22.